The highest BCUT2D eigenvalue weighted by molar-refractivity contribution is 6.46. The number of rotatable bonds is 6. The average Bonchev–Trinajstić information content (AvgIpc) is 3.08. The topological polar surface area (TPSA) is 66.8 Å². The van der Waals surface area contributed by atoms with E-state index < -0.39 is 23.5 Å². The van der Waals surface area contributed by atoms with Crippen LogP contribution in [-0.4, -0.2) is 35.4 Å². The Morgan fingerprint density at radius 1 is 1.00 bits per heavy atom. The molecule has 0 aliphatic carbocycles. The molecule has 0 unspecified atom stereocenters. The fraction of sp³-hybridized carbons (Fsp3) is 0.154. The second-order valence-electron chi connectivity index (χ2n) is 7.51. The predicted octanol–water partition coefficient (Wildman–Crippen LogP) is 4.50. The number of Topliss-reactive ketones (excluding diaryl/α,β-unsaturated/α-hetero) is 1. The Morgan fingerprint density at radius 2 is 1.72 bits per heavy atom. The first-order valence-corrected chi connectivity index (χ1v) is 10.2. The lowest BCUT2D eigenvalue weighted by Gasteiger charge is -2.25. The molecule has 1 atom stereocenters. The van der Waals surface area contributed by atoms with Crippen molar-refractivity contribution in [3.8, 4) is 5.75 Å². The molecule has 5 nitrogen and oxygen atoms in total. The van der Waals surface area contributed by atoms with E-state index in [1.807, 2.05) is 30.3 Å². The molecule has 4 rings (SSSR count). The zero-order valence-electron chi connectivity index (χ0n) is 17.5. The van der Waals surface area contributed by atoms with E-state index in [1.165, 1.54) is 30.2 Å². The van der Waals surface area contributed by atoms with Crippen molar-refractivity contribution in [3.63, 3.8) is 0 Å². The summed E-state index contributed by atoms with van der Waals surface area (Å²) < 4.78 is 19.2. The minimum atomic E-state index is -0.892. The summed E-state index contributed by atoms with van der Waals surface area (Å²) in [5.74, 6) is -1.71. The summed E-state index contributed by atoms with van der Waals surface area (Å²) in [6.07, 6.45) is 0.516. The molecule has 1 N–H and O–H groups in total. The van der Waals surface area contributed by atoms with Crippen molar-refractivity contribution in [2.24, 2.45) is 0 Å². The number of methoxy groups -OCH3 is 1. The van der Waals surface area contributed by atoms with Crippen LogP contribution in [0.2, 0.25) is 0 Å². The number of ketones is 1. The van der Waals surface area contributed by atoms with Gasteiger partial charge >= 0.3 is 0 Å². The normalized spacial score (nSPS) is 17.6. The fourth-order valence-electron chi connectivity index (χ4n) is 3.93. The molecule has 32 heavy (non-hydrogen) atoms. The van der Waals surface area contributed by atoms with Crippen LogP contribution in [-0.2, 0) is 16.0 Å². The van der Waals surface area contributed by atoms with Gasteiger partial charge in [-0.05, 0) is 53.9 Å². The Balaban J connectivity index is 1.78. The van der Waals surface area contributed by atoms with Gasteiger partial charge in [0.25, 0.3) is 11.7 Å². The van der Waals surface area contributed by atoms with Crippen molar-refractivity contribution >= 4 is 17.4 Å². The lowest BCUT2D eigenvalue weighted by Crippen LogP contribution is -2.31. The van der Waals surface area contributed by atoms with E-state index in [4.69, 9.17) is 4.74 Å². The summed E-state index contributed by atoms with van der Waals surface area (Å²) in [4.78, 5) is 27.4. The van der Waals surface area contributed by atoms with Gasteiger partial charge in [0.05, 0.1) is 18.7 Å². The minimum Gasteiger partial charge on any atom is -0.507 e. The highest BCUT2D eigenvalue weighted by Crippen LogP contribution is 2.39. The molecule has 0 spiro atoms. The Kier molecular flexibility index (Phi) is 6.03. The maximum atomic E-state index is 14.0. The van der Waals surface area contributed by atoms with Crippen LogP contribution < -0.4 is 4.74 Å². The van der Waals surface area contributed by atoms with Crippen molar-refractivity contribution in [2.45, 2.75) is 12.5 Å². The minimum absolute atomic E-state index is 0.0566. The standard InChI is InChI=1S/C26H22FNO4/c1-32-21-12-10-18(11-13-21)24(29)22-23(19-8-5-9-20(27)16-19)28(26(31)25(22)30)15-14-17-6-3-2-4-7-17/h2-13,16,23,29H,14-15H2,1H3/t23-/m1/s1. The molecule has 3 aromatic carbocycles. The molecule has 162 valence electrons. The van der Waals surface area contributed by atoms with E-state index in [0.29, 0.717) is 23.3 Å². The number of carbonyl (C=O) groups excluding carboxylic acids is 2. The van der Waals surface area contributed by atoms with Crippen LogP contribution in [0.25, 0.3) is 5.76 Å². The zero-order valence-corrected chi connectivity index (χ0v) is 17.5. The molecule has 1 saturated heterocycles. The van der Waals surface area contributed by atoms with Crippen molar-refractivity contribution in [3.05, 3.63) is 107 Å². The maximum absolute atomic E-state index is 14.0. The van der Waals surface area contributed by atoms with E-state index in [-0.39, 0.29) is 17.9 Å². The average molecular weight is 431 g/mol. The summed E-state index contributed by atoms with van der Waals surface area (Å²) in [6.45, 7) is 0.245. The highest BCUT2D eigenvalue weighted by Gasteiger charge is 2.45. The largest absolute Gasteiger partial charge is 0.507 e. The Labute approximate surface area is 185 Å². The number of amides is 1. The van der Waals surface area contributed by atoms with E-state index >= 15 is 0 Å². The van der Waals surface area contributed by atoms with Gasteiger partial charge in [0.15, 0.2) is 0 Å². The third-order valence-corrected chi connectivity index (χ3v) is 5.55. The number of benzene rings is 3. The Hall–Kier alpha value is -3.93. The number of hydrogen-bond acceptors (Lipinski definition) is 4. The van der Waals surface area contributed by atoms with Crippen molar-refractivity contribution in [2.75, 3.05) is 13.7 Å². The lowest BCUT2D eigenvalue weighted by molar-refractivity contribution is -0.139. The third kappa shape index (κ3) is 4.12. The summed E-state index contributed by atoms with van der Waals surface area (Å²) in [5, 5.41) is 11.0. The van der Waals surface area contributed by atoms with Crippen LogP contribution in [0.5, 0.6) is 5.75 Å². The van der Waals surface area contributed by atoms with Crippen molar-refractivity contribution in [1.82, 2.24) is 4.90 Å². The first-order chi connectivity index (χ1) is 15.5. The summed E-state index contributed by atoms with van der Waals surface area (Å²) in [7, 11) is 1.52. The Morgan fingerprint density at radius 3 is 2.38 bits per heavy atom. The van der Waals surface area contributed by atoms with E-state index in [0.717, 1.165) is 5.56 Å². The number of hydrogen-bond donors (Lipinski definition) is 1. The first-order valence-electron chi connectivity index (χ1n) is 10.2. The number of ether oxygens (including phenoxy) is 1. The van der Waals surface area contributed by atoms with Crippen molar-refractivity contribution in [1.29, 1.82) is 0 Å². The number of likely N-dealkylation sites (tertiary alicyclic amines) is 1. The SMILES string of the molecule is COc1ccc(C(O)=C2C(=O)C(=O)N(CCc3ccccc3)[C@@H]2c2cccc(F)c2)cc1. The molecule has 1 aliphatic rings. The van der Waals surface area contributed by atoms with Gasteiger partial charge < -0.3 is 14.7 Å². The molecule has 0 bridgehead atoms. The highest BCUT2D eigenvalue weighted by atomic mass is 19.1. The van der Waals surface area contributed by atoms with Crippen LogP contribution >= 0.6 is 0 Å². The molecule has 1 heterocycles. The predicted molar refractivity (Wildman–Crippen MR) is 119 cm³/mol. The molecule has 1 fully saturated rings. The quantitative estimate of drug-likeness (QED) is 0.355. The van der Waals surface area contributed by atoms with Gasteiger partial charge in [-0.15, -0.1) is 0 Å². The van der Waals surface area contributed by atoms with Crippen LogP contribution in [0, 0.1) is 5.82 Å². The molecule has 3 aromatic rings. The van der Waals surface area contributed by atoms with E-state index in [9.17, 15) is 19.1 Å². The van der Waals surface area contributed by atoms with Crippen LogP contribution in [0.3, 0.4) is 0 Å². The van der Waals surface area contributed by atoms with Crippen molar-refractivity contribution < 1.29 is 23.8 Å². The molecular formula is C26H22FNO4. The second-order valence-corrected chi connectivity index (χ2v) is 7.51. The van der Waals surface area contributed by atoms with E-state index in [1.54, 1.807) is 30.3 Å². The third-order valence-electron chi connectivity index (χ3n) is 5.55. The van der Waals surface area contributed by atoms with Crippen LogP contribution in [0.15, 0.2) is 84.4 Å². The molecule has 0 radical (unpaired) electrons. The number of carbonyl (C=O) groups is 2. The lowest BCUT2D eigenvalue weighted by atomic mass is 9.95. The van der Waals surface area contributed by atoms with E-state index in [2.05, 4.69) is 0 Å². The second kappa shape index (κ2) is 9.06. The molecule has 0 saturated carbocycles. The van der Waals surface area contributed by atoms with Gasteiger partial charge in [0.2, 0.25) is 0 Å². The molecule has 6 heteroatoms. The Bertz CT molecular complexity index is 1170. The molecule has 0 aromatic heterocycles. The number of aliphatic hydroxyl groups is 1. The number of halogens is 1. The van der Waals surface area contributed by atoms with Gasteiger partial charge in [0, 0.05) is 12.1 Å². The van der Waals surface area contributed by atoms with Gasteiger partial charge in [0.1, 0.15) is 17.3 Å². The molecular weight excluding hydrogens is 409 g/mol. The summed E-state index contributed by atoms with van der Waals surface area (Å²) >= 11 is 0. The first kappa shape index (κ1) is 21.3. The molecule has 1 aliphatic heterocycles. The summed E-state index contributed by atoms with van der Waals surface area (Å²) in [6, 6.07) is 20.9. The van der Waals surface area contributed by atoms with Gasteiger partial charge in [-0.25, -0.2) is 4.39 Å². The monoisotopic (exact) mass is 431 g/mol. The van der Waals surface area contributed by atoms with Gasteiger partial charge in [-0.2, -0.15) is 0 Å². The maximum Gasteiger partial charge on any atom is 0.295 e. The number of aliphatic hydroxyl groups excluding tert-OH is 1. The summed E-state index contributed by atoms with van der Waals surface area (Å²) in [5.41, 5.74) is 1.74. The van der Waals surface area contributed by atoms with Gasteiger partial charge in [-0.1, -0.05) is 42.5 Å². The van der Waals surface area contributed by atoms with Crippen LogP contribution in [0.1, 0.15) is 22.7 Å². The zero-order chi connectivity index (χ0) is 22.7. The van der Waals surface area contributed by atoms with Gasteiger partial charge in [-0.3, -0.25) is 9.59 Å². The fourth-order valence-corrected chi connectivity index (χ4v) is 3.93. The molecule has 1 amide bonds. The van der Waals surface area contributed by atoms with Crippen LogP contribution in [0.4, 0.5) is 4.39 Å². The smallest absolute Gasteiger partial charge is 0.295 e. The number of nitrogens with zero attached hydrogens (tertiary/aromatic N) is 1.